The van der Waals surface area contributed by atoms with E-state index in [2.05, 4.69) is 10.1 Å². The Kier molecular flexibility index (Phi) is 3.94. The van der Waals surface area contributed by atoms with E-state index in [0.717, 1.165) is 17.7 Å². The first-order valence-corrected chi connectivity index (χ1v) is 6.07. The van der Waals surface area contributed by atoms with Crippen LogP contribution in [0.25, 0.3) is 11.5 Å². The largest absolute Gasteiger partial charge is 0.494 e. The van der Waals surface area contributed by atoms with Crippen molar-refractivity contribution in [1.29, 1.82) is 0 Å². The summed E-state index contributed by atoms with van der Waals surface area (Å²) >= 11 is 0. The van der Waals surface area contributed by atoms with Crippen LogP contribution in [0.3, 0.4) is 0 Å². The Morgan fingerprint density at radius 3 is 2.61 bits per heavy atom. The molecule has 96 valence electrons. The van der Waals surface area contributed by atoms with E-state index in [4.69, 9.17) is 15.0 Å². The lowest BCUT2D eigenvalue weighted by Crippen LogP contribution is -2.10. The van der Waals surface area contributed by atoms with E-state index >= 15 is 0 Å². The maximum absolute atomic E-state index is 5.84. The van der Waals surface area contributed by atoms with Gasteiger partial charge in [0.1, 0.15) is 5.75 Å². The van der Waals surface area contributed by atoms with Gasteiger partial charge in [-0.1, -0.05) is 12.1 Å². The standard InChI is InChI=1S/C13H17N3O2/c1-3-11(14)12-15-13(18-16-12)9-5-7-10(8-6-9)17-4-2/h5-8,11H,3-4,14H2,1-2H3. The molecule has 5 nitrogen and oxygen atoms in total. The van der Waals surface area contributed by atoms with E-state index in [9.17, 15) is 0 Å². The van der Waals surface area contributed by atoms with Crippen molar-refractivity contribution in [2.75, 3.05) is 6.61 Å². The lowest BCUT2D eigenvalue weighted by Gasteiger charge is -2.02. The summed E-state index contributed by atoms with van der Waals surface area (Å²) in [5.41, 5.74) is 6.71. The molecule has 0 aliphatic heterocycles. The van der Waals surface area contributed by atoms with E-state index in [1.54, 1.807) is 0 Å². The molecule has 1 heterocycles. The van der Waals surface area contributed by atoms with E-state index in [-0.39, 0.29) is 6.04 Å². The van der Waals surface area contributed by atoms with Gasteiger partial charge in [0.15, 0.2) is 5.82 Å². The van der Waals surface area contributed by atoms with Gasteiger partial charge < -0.3 is 15.0 Å². The van der Waals surface area contributed by atoms with Crippen LogP contribution in [-0.4, -0.2) is 16.7 Å². The predicted octanol–water partition coefficient (Wildman–Crippen LogP) is 2.55. The first kappa shape index (κ1) is 12.6. The third-order valence-electron chi connectivity index (χ3n) is 2.63. The Morgan fingerprint density at radius 1 is 1.28 bits per heavy atom. The fraction of sp³-hybridized carbons (Fsp3) is 0.385. The van der Waals surface area contributed by atoms with Gasteiger partial charge in [0.05, 0.1) is 12.6 Å². The van der Waals surface area contributed by atoms with E-state index in [1.165, 1.54) is 0 Å². The van der Waals surface area contributed by atoms with Gasteiger partial charge in [0.2, 0.25) is 0 Å². The van der Waals surface area contributed by atoms with Crippen LogP contribution in [0.2, 0.25) is 0 Å². The zero-order valence-electron chi connectivity index (χ0n) is 10.6. The van der Waals surface area contributed by atoms with Crippen molar-refractivity contribution in [2.45, 2.75) is 26.3 Å². The summed E-state index contributed by atoms with van der Waals surface area (Å²) in [5, 5.41) is 3.88. The molecule has 5 heteroatoms. The van der Waals surface area contributed by atoms with Crippen LogP contribution in [0.15, 0.2) is 28.8 Å². The van der Waals surface area contributed by atoms with Gasteiger partial charge in [-0.3, -0.25) is 0 Å². The van der Waals surface area contributed by atoms with Crippen molar-refractivity contribution >= 4 is 0 Å². The topological polar surface area (TPSA) is 74.2 Å². The van der Waals surface area contributed by atoms with Crippen molar-refractivity contribution in [2.24, 2.45) is 5.73 Å². The highest BCUT2D eigenvalue weighted by Crippen LogP contribution is 2.22. The Bertz CT molecular complexity index is 493. The van der Waals surface area contributed by atoms with Gasteiger partial charge in [0.25, 0.3) is 5.89 Å². The highest BCUT2D eigenvalue weighted by atomic mass is 16.5. The number of rotatable bonds is 5. The third kappa shape index (κ3) is 2.68. The van der Waals surface area contributed by atoms with Crippen molar-refractivity contribution in [1.82, 2.24) is 10.1 Å². The fourth-order valence-electron chi connectivity index (χ4n) is 1.55. The lowest BCUT2D eigenvalue weighted by molar-refractivity contribution is 0.340. The van der Waals surface area contributed by atoms with Gasteiger partial charge in [-0.2, -0.15) is 4.98 Å². The van der Waals surface area contributed by atoms with Gasteiger partial charge in [-0.15, -0.1) is 0 Å². The number of nitrogens with zero attached hydrogens (tertiary/aromatic N) is 2. The second kappa shape index (κ2) is 5.64. The molecular formula is C13H17N3O2. The Labute approximate surface area is 106 Å². The Hall–Kier alpha value is -1.88. The molecule has 1 unspecified atom stereocenters. The van der Waals surface area contributed by atoms with Crippen LogP contribution in [0.5, 0.6) is 5.75 Å². The summed E-state index contributed by atoms with van der Waals surface area (Å²) in [6, 6.07) is 7.36. The van der Waals surface area contributed by atoms with Crippen LogP contribution in [0, 0.1) is 0 Å². The minimum atomic E-state index is -0.176. The summed E-state index contributed by atoms with van der Waals surface area (Å²) in [7, 11) is 0. The zero-order valence-corrected chi connectivity index (χ0v) is 10.6. The molecule has 0 fully saturated rings. The maximum Gasteiger partial charge on any atom is 0.257 e. The molecule has 2 aromatic rings. The maximum atomic E-state index is 5.84. The zero-order chi connectivity index (χ0) is 13.0. The number of hydrogen-bond donors (Lipinski definition) is 1. The summed E-state index contributed by atoms with van der Waals surface area (Å²) in [5.74, 6) is 1.85. The van der Waals surface area contributed by atoms with Gasteiger partial charge >= 0.3 is 0 Å². The van der Waals surface area contributed by atoms with E-state index < -0.39 is 0 Å². The smallest absolute Gasteiger partial charge is 0.257 e. The fourth-order valence-corrected chi connectivity index (χ4v) is 1.55. The Morgan fingerprint density at radius 2 is 2.00 bits per heavy atom. The average Bonchev–Trinajstić information content (AvgIpc) is 2.89. The minimum absolute atomic E-state index is 0.176. The molecule has 0 amide bonds. The molecule has 0 spiro atoms. The first-order valence-electron chi connectivity index (χ1n) is 6.07. The molecule has 0 bridgehead atoms. The lowest BCUT2D eigenvalue weighted by atomic mass is 10.2. The second-order valence-electron chi connectivity index (χ2n) is 3.93. The van der Waals surface area contributed by atoms with Crippen molar-refractivity contribution in [3.63, 3.8) is 0 Å². The Balaban J connectivity index is 2.18. The number of aromatic nitrogens is 2. The summed E-state index contributed by atoms with van der Waals surface area (Å²) in [4.78, 5) is 4.28. The second-order valence-corrected chi connectivity index (χ2v) is 3.93. The molecular weight excluding hydrogens is 230 g/mol. The number of hydrogen-bond acceptors (Lipinski definition) is 5. The summed E-state index contributed by atoms with van der Waals surface area (Å²) in [6.07, 6.45) is 0.780. The number of benzene rings is 1. The van der Waals surface area contributed by atoms with Crippen LogP contribution < -0.4 is 10.5 Å². The summed E-state index contributed by atoms with van der Waals surface area (Å²) < 4.78 is 10.6. The van der Waals surface area contributed by atoms with Crippen molar-refractivity contribution in [3.8, 4) is 17.2 Å². The van der Waals surface area contributed by atoms with Crippen molar-refractivity contribution < 1.29 is 9.26 Å². The molecule has 0 radical (unpaired) electrons. The molecule has 0 saturated carbocycles. The molecule has 0 saturated heterocycles. The van der Waals surface area contributed by atoms with Crippen LogP contribution in [0.4, 0.5) is 0 Å². The molecule has 2 N–H and O–H groups in total. The molecule has 1 atom stereocenters. The van der Waals surface area contributed by atoms with Crippen molar-refractivity contribution in [3.05, 3.63) is 30.1 Å². The molecule has 1 aromatic heterocycles. The molecule has 1 aromatic carbocycles. The molecule has 2 rings (SSSR count). The van der Waals surface area contributed by atoms with Crippen LogP contribution in [0.1, 0.15) is 32.1 Å². The van der Waals surface area contributed by atoms with Gasteiger partial charge in [-0.25, -0.2) is 0 Å². The number of ether oxygens (including phenoxy) is 1. The normalized spacial score (nSPS) is 12.4. The van der Waals surface area contributed by atoms with Crippen LogP contribution in [-0.2, 0) is 0 Å². The predicted molar refractivity (Wildman–Crippen MR) is 68.1 cm³/mol. The highest BCUT2D eigenvalue weighted by Gasteiger charge is 2.13. The quantitative estimate of drug-likeness (QED) is 0.878. The molecule has 0 aliphatic rings. The first-order chi connectivity index (χ1) is 8.74. The number of nitrogens with two attached hydrogens (primary N) is 1. The van der Waals surface area contributed by atoms with Crippen LogP contribution >= 0.6 is 0 Å². The van der Waals surface area contributed by atoms with E-state index in [1.807, 2.05) is 38.1 Å². The average molecular weight is 247 g/mol. The minimum Gasteiger partial charge on any atom is -0.494 e. The van der Waals surface area contributed by atoms with Gasteiger partial charge in [-0.05, 0) is 37.6 Å². The highest BCUT2D eigenvalue weighted by molar-refractivity contribution is 5.54. The molecule has 18 heavy (non-hydrogen) atoms. The molecule has 0 aliphatic carbocycles. The van der Waals surface area contributed by atoms with E-state index in [0.29, 0.717) is 18.3 Å². The monoisotopic (exact) mass is 247 g/mol. The summed E-state index contributed by atoms with van der Waals surface area (Å²) in [6.45, 7) is 4.58. The SMILES string of the molecule is CCOc1ccc(-c2nc(C(N)CC)no2)cc1. The third-order valence-corrected chi connectivity index (χ3v) is 2.63. The van der Waals surface area contributed by atoms with Gasteiger partial charge in [0, 0.05) is 5.56 Å².